The number of halogens is 1. The Bertz CT molecular complexity index is 446. The lowest BCUT2D eigenvalue weighted by molar-refractivity contribution is -0.389. The lowest BCUT2D eigenvalue weighted by Gasteiger charge is -2.15. The number of nitrogens with two attached hydrogens (primary N) is 1. The van der Waals surface area contributed by atoms with E-state index in [4.69, 9.17) is 17.4 Å². The van der Waals surface area contributed by atoms with Crippen molar-refractivity contribution in [3.8, 4) is 0 Å². The minimum atomic E-state index is -0.681. The van der Waals surface area contributed by atoms with E-state index in [1.54, 1.807) is 13.8 Å². The first-order valence-corrected chi connectivity index (χ1v) is 5.15. The van der Waals surface area contributed by atoms with E-state index in [1.165, 1.54) is 10.9 Å². The van der Waals surface area contributed by atoms with E-state index in [9.17, 15) is 14.9 Å². The molecule has 8 nitrogen and oxygen atoms in total. The fraction of sp³-hybridized carbons (Fsp3) is 0.500. The van der Waals surface area contributed by atoms with Crippen LogP contribution in [0.1, 0.15) is 19.9 Å². The average Bonchev–Trinajstić information content (AvgIpc) is 2.68. The summed E-state index contributed by atoms with van der Waals surface area (Å²) in [5.41, 5.74) is 2.01. The molecule has 9 heteroatoms. The summed E-state index contributed by atoms with van der Waals surface area (Å²) in [5, 5.41) is 14.2. The maximum Gasteiger partial charge on any atom is 0.408 e. The van der Waals surface area contributed by atoms with Gasteiger partial charge in [0.15, 0.2) is 5.02 Å². The van der Waals surface area contributed by atoms with E-state index in [1.807, 2.05) is 5.43 Å². The fourth-order valence-electron chi connectivity index (χ4n) is 1.27. The molecule has 3 N–H and O–H groups in total. The van der Waals surface area contributed by atoms with Crippen molar-refractivity contribution in [3.05, 3.63) is 21.3 Å². The highest BCUT2D eigenvalue weighted by atomic mass is 35.5. The van der Waals surface area contributed by atoms with Gasteiger partial charge in [-0.2, -0.15) is 4.68 Å². The standard InChI is InChI=1S/C8H12ClN5O3/c1-4(8(15)11-10)5(2)13-3-6(9)7(12-13)14(16)17/h3-5H,10H2,1-2H3,(H,11,15). The number of rotatable bonds is 4. The lowest BCUT2D eigenvalue weighted by atomic mass is 10.0. The topological polar surface area (TPSA) is 116 Å². The second-order valence-electron chi connectivity index (χ2n) is 3.58. The predicted molar refractivity (Wildman–Crippen MR) is 60.1 cm³/mol. The zero-order valence-corrected chi connectivity index (χ0v) is 10.0. The molecule has 0 fully saturated rings. The fourth-order valence-corrected chi connectivity index (χ4v) is 1.48. The van der Waals surface area contributed by atoms with Gasteiger partial charge in [0.05, 0.1) is 23.3 Å². The summed E-state index contributed by atoms with van der Waals surface area (Å²) in [5.74, 6) is 3.70. The van der Waals surface area contributed by atoms with Crippen LogP contribution in [0.2, 0.25) is 5.02 Å². The molecule has 2 atom stereocenters. The minimum Gasteiger partial charge on any atom is -0.358 e. The van der Waals surface area contributed by atoms with E-state index in [-0.39, 0.29) is 10.9 Å². The van der Waals surface area contributed by atoms with Crippen molar-refractivity contribution in [3.63, 3.8) is 0 Å². The van der Waals surface area contributed by atoms with Crippen molar-refractivity contribution in [1.82, 2.24) is 15.2 Å². The Morgan fingerprint density at radius 1 is 1.71 bits per heavy atom. The molecule has 1 amide bonds. The van der Waals surface area contributed by atoms with Gasteiger partial charge in [0.1, 0.15) is 0 Å². The summed E-state index contributed by atoms with van der Waals surface area (Å²) in [7, 11) is 0. The van der Waals surface area contributed by atoms with Crippen LogP contribution in [0.25, 0.3) is 0 Å². The lowest BCUT2D eigenvalue weighted by Crippen LogP contribution is -2.37. The molecule has 94 valence electrons. The molecule has 0 spiro atoms. The first kappa shape index (κ1) is 13.4. The number of nitrogens with one attached hydrogen (secondary N) is 1. The molecule has 0 aromatic carbocycles. The molecule has 0 saturated carbocycles. The van der Waals surface area contributed by atoms with Crippen LogP contribution in [0.15, 0.2) is 6.20 Å². The maximum atomic E-state index is 11.3. The van der Waals surface area contributed by atoms with Crippen LogP contribution in [0.4, 0.5) is 5.82 Å². The molecule has 2 unspecified atom stereocenters. The van der Waals surface area contributed by atoms with E-state index in [2.05, 4.69) is 5.10 Å². The van der Waals surface area contributed by atoms with Gasteiger partial charge < -0.3 is 10.1 Å². The van der Waals surface area contributed by atoms with Gasteiger partial charge in [-0.05, 0) is 11.8 Å². The average molecular weight is 262 g/mol. The Balaban J connectivity index is 2.97. The number of amides is 1. The number of carbonyl (C=O) groups is 1. The second kappa shape index (κ2) is 5.11. The molecule has 0 aliphatic rings. The van der Waals surface area contributed by atoms with Crippen LogP contribution in [0.3, 0.4) is 0 Å². The Kier molecular flexibility index (Phi) is 4.02. The number of carbonyl (C=O) groups excluding carboxylic acids is 1. The van der Waals surface area contributed by atoms with Crippen LogP contribution in [-0.2, 0) is 4.79 Å². The molecule has 1 aromatic heterocycles. The van der Waals surface area contributed by atoms with Crippen molar-refractivity contribution < 1.29 is 9.72 Å². The quantitative estimate of drug-likeness (QED) is 0.357. The van der Waals surface area contributed by atoms with Gasteiger partial charge in [-0.15, -0.1) is 0 Å². The van der Waals surface area contributed by atoms with Crippen molar-refractivity contribution in [2.45, 2.75) is 19.9 Å². The first-order valence-electron chi connectivity index (χ1n) is 4.78. The van der Waals surface area contributed by atoms with Crippen molar-refractivity contribution in [2.75, 3.05) is 0 Å². The van der Waals surface area contributed by atoms with Crippen molar-refractivity contribution in [2.24, 2.45) is 11.8 Å². The Labute approximate surface area is 102 Å². The number of hydrogen-bond acceptors (Lipinski definition) is 5. The number of hydrogen-bond donors (Lipinski definition) is 2. The van der Waals surface area contributed by atoms with Crippen LogP contribution < -0.4 is 11.3 Å². The molecule has 0 aliphatic heterocycles. The van der Waals surface area contributed by atoms with E-state index in [0.717, 1.165) is 0 Å². The normalized spacial score (nSPS) is 14.1. The third kappa shape index (κ3) is 2.71. The molecule has 0 aliphatic carbocycles. The number of aromatic nitrogens is 2. The SMILES string of the molecule is CC(C(=O)NN)C(C)n1cc(Cl)c([N+](=O)[O-])n1. The highest BCUT2D eigenvalue weighted by Gasteiger charge is 2.27. The van der Waals surface area contributed by atoms with Gasteiger partial charge in [-0.25, -0.2) is 5.84 Å². The summed E-state index contributed by atoms with van der Waals surface area (Å²) in [6, 6.07) is -0.398. The summed E-state index contributed by atoms with van der Waals surface area (Å²) in [4.78, 5) is 21.2. The van der Waals surface area contributed by atoms with Gasteiger partial charge in [-0.3, -0.25) is 10.2 Å². The van der Waals surface area contributed by atoms with E-state index >= 15 is 0 Å². The monoisotopic (exact) mass is 261 g/mol. The van der Waals surface area contributed by atoms with Crippen molar-refractivity contribution >= 4 is 23.3 Å². The molecule has 0 bridgehead atoms. The van der Waals surface area contributed by atoms with E-state index in [0.29, 0.717) is 0 Å². The second-order valence-corrected chi connectivity index (χ2v) is 3.98. The van der Waals surface area contributed by atoms with Crippen molar-refractivity contribution in [1.29, 1.82) is 0 Å². The molecule has 1 aromatic rings. The summed E-state index contributed by atoms with van der Waals surface area (Å²) in [6.07, 6.45) is 1.31. The highest BCUT2D eigenvalue weighted by molar-refractivity contribution is 6.32. The maximum absolute atomic E-state index is 11.3. The van der Waals surface area contributed by atoms with Gasteiger partial charge in [0.25, 0.3) is 0 Å². The first-order chi connectivity index (χ1) is 7.88. The number of nitrogens with zero attached hydrogens (tertiary/aromatic N) is 3. The summed E-state index contributed by atoms with van der Waals surface area (Å²) in [6.45, 7) is 3.32. The van der Waals surface area contributed by atoms with Gasteiger partial charge in [0.2, 0.25) is 5.91 Å². The molecule has 1 heterocycles. The third-order valence-corrected chi connectivity index (χ3v) is 2.81. The highest BCUT2D eigenvalue weighted by Crippen LogP contribution is 2.26. The largest absolute Gasteiger partial charge is 0.408 e. The smallest absolute Gasteiger partial charge is 0.358 e. The summed E-state index contributed by atoms with van der Waals surface area (Å²) >= 11 is 5.65. The zero-order valence-electron chi connectivity index (χ0n) is 9.25. The molecule has 0 radical (unpaired) electrons. The Hall–Kier alpha value is -1.67. The van der Waals surface area contributed by atoms with E-state index < -0.39 is 22.7 Å². The van der Waals surface area contributed by atoms with Crippen LogP contribution in [-0.4, -0.2) is 20.6 Å². The summed E-state index contributed by atoms with van der Waals surface area (Å²) < 4.78 is 1.28. The van der Waals surface area contributed by atoms with Gasteiger partial charge in [0, 0.05) is 0 Å². The predicted octanol–water partition coefficient (Wildman–Crippen LogP) is 0.632. The van der Waals surface area contributed by atoms with Gasteiger partial charge in [-0.1, -0.05) is 18.5 Å². The van der Waals surface area contributed by atoms with Gasteiger partial charge >= 0.3 is 5.82 Å². The zero-order chi connectivity index (χ0) is 13.2. The minimum absolute atomic E-state index is 0.0674. The Morgan fingerprint density at radius 3 is 2.71 bits per heavy atom. The van der Waals surface area contributed by atoms with Crippen LogP contribution in [0, 0.1) is 16.0 Å². The molecule has 1 rings (SSSR count). The van der Waals surface area contributed by atoms with Crippen LogP contribution >= 0.6 is 11.6 Å². The number of hydrazine groups is 1. The molecular weight excluding hydrogens is 250 g/mol. The molecule has 17 heavy (non-hydrogen) atoms. The molecule has 0 saturated heterocycles. The van der Waals surface area contributed by atoms with Crippen LogP contribution in [0.5, 0.6) is 0 Å². The molecular formula is C8H12ClN5O3. The third-order valence-electron chi connectivity index (χ3n) is 2.54. The number of nitro groups is 1. The Morgan fingerprint density at radius 2 is 2.29 bits per heavy atom.